The summed E-state index contributed by atoms with van der Waals surface area (Å²) in [6.07, 6.45) is -0.00615. The van der Waals surface area contributed by atoms with Gasteiger partial charge in [0.15, 0.2) is 17.6 Å². The molecule has 29 heavy (non-hydrogen) atoms. The molecule has 2 aromatic rings. The third-order valence-electron chi connectivity index (χ3n) is 5.78. The predicted molar refractivity (Wildman–Crippen MR) is 109 cm³/mol. The fraction of sp³-hybridized carbons (Fsp3) is 0.435. The number of benzene rings is 2. The molecule has 0 aromatic heterocycles. The minimum absolute atomic E-state index is 0.0208. The second-order valence-electron chi connectivity index (χ2n) is 7.44. The Bertz CT molecular complexity index is 891. The number of nitrogens with zero attached hydrogens (tertiary/aromatic N) is 1. The van der Waals surface area contributed by atoms with Crippen molar-refractivity contribution in [2.45, 2.75) is 25.5 Å². The zero-order valence-electron chi connectivity index (χ0n) is 17.1. The maximum Gasteiger partial charge on any atom is 0.204 e. The second-order valence-corrected chi connectivity index (χ2v) is 7.44. The number of rotatable bonds is 6. The highest BCUT2D eigenvalue weighted by molar-refractivity contribution is 6.04. The van der Waals surface area contributed by atoms with Crippen LogP contribution >= 0.6 is 0 Å². The summed E-state index contributed by atoms with van der Waals surface area (Å²) in [7, 11) is 3.16. The molecule has 2 aromatic carbocycles. The van der Waals surface area contributed by atoms with Gasteiger partial charge in [-0.25, -0.2) is 0 Å². The Hall–Kier alpha value is -2.57. The van der Waals surface area contributed by atoms with E-state index >= 15 is 0 Å². The van der Waals surface area contributed by atoms with Crippen LogP contribution in [-0.2, 0) is 11.2 Å². The molecule has 6 nitrogen and oxygen atoms in total. The zero-order chi connectivity index (χ0) is 20.4. The second kappa shape index (κ2) is 8.43. The minimum atomic E-state index is -0.532. The fourth-order valence-corrected chi connectivity index (χ4v) is 4.07. The van der Waals surface area contributed by atoms with Gasteiger partial charge in [-0.05, 0) is 42.3 Å². The number of hydrogen-bond donors (Lipinski definition) is 0. The van der Waals surface area contributed by atoms with E-state index in [9.17, 15) is 4.79 Å². The lowest BCUT2D eigenvalue weighted by Gasteiger charge is -2.32. The minimum Gasteiger partial charge on any atom is -0.493 e. The van der Waals surface area contributed by atoms with Crippen molar-refractivity contribution in [3.63, 3.8) is 0 Å². The van der Waals surface area contributed by atoms with Crippen LogP contribution in [0.15, 0.2) is 36.4 Å². The summed E-state index contributed by atoms with van der Waals surface area (Å²) in [5, 5.41) is 0. The first kappa shape index (κ1) is 19.7. The van der Waals surface area contributed by atoms with Crippen LogP contribution in [0.5, 0.6) is 17.2 Å². The summed E-state index contributed by atoms with van der Waals surface area (Å²) < 4.78 is 22.3. The Morgan fingerprint density at radius 1 is 1.07 bits per heavy atom. The van der Waals surface area contributed by atoms with E-state index in [2.05, 4.69) is 17.9 Å². The highest BCUT2D eigenvalue weighted by Gasteiger charge is 2.34. The summed E-state index contributed by atoms with van der Waals surface area (Å²) >= 11 is 0. The monoisotopic (exact) mass is 397 g/mol. The molecule has 2 aliphatic rings. The summed E-state index contributed by atoms with van der Waals surface area (Å²) in [5.74, 6) is 1.88. The molecular weight excluding hydrogens is 370 g/mol. The van der Waals surface area contributed by atoms with Gasteiger partial charge in [0.05, 0.1) is 27.4 Å². The van der Waals surface area contributed by atoms with Gasteiger partial charge in [-0.1, -0.05) is 12.1 Å². The number of morpholine rings is 1. The number of fused-ring (bicyclic) bond motifs is 1. The number of carbonyl (C=O) groups excluding carboxylic acids is 1. The Labute approximate surface area is 171 Å². The van der Waals surface area contributed by atoms with Gasteiger partial charge >= 0.3 is 0 Å². The van der Waals surface area contributed by atoms with Crippen LogP contribution < -0.4 is 14.2 Å². The molecule has 1 fully saturated rings. The number of ether oxygens (including phenoxy) is 4. The largest absolute Gasteiger partial charge is 0.493 e. The van der Waals surface area contributed by atoms with Crippen molar-refractivity contribution in [1.82, 2.24) is 4.90 Å². The quantitative estimate of drug-likeness (QED) is 0.746. The van der Waals surface area contributed by atoms with Gasteiger partial charge in [0.25, 0.3) is 0 Å². The fourth-order valence-electron chi connectivity index (χ4n) is 4.07. The van der Waals surface area contributed by atoms with Crippen LogP contribution in [-0.4, -0.2) is 57.3 Å². The molecule has 1 saturated heterocycles. The molecule has 0 amide bonds. The highest BCUT2D eigenvalue weighted by atomic mass is 16.5. The van der Waals surface area contributed by atoms with E-state index in [4.69, 9.17) is 18.9 Å². The maximum absolute atomic E-state index is 12.9. The van der Waals surface area contributed by atoms with Crippen LogP contribution in [0.25, 0.3) is 0 Å². The van der Waals surface area contributed by atoms with E-state index in [1.807, 2.05) is 24.3 Å². The van der Waals surface area contributed by atoms with Gasteiger partial charge in [-0.2, -0.15) is 0 Å². The molecule has 0 spiro atoms. The van der Waals surface area contributed by atoms with Gasteiger partial charge in [0, 0.05) is 31.1 Å². The molecule has 1 aliphatic heterocycles. The van der Waals surface area contributed by atoms with E-state index in [-0.39, 0.29) is 11.8 Å². The number of hydrogen-bond acceptors (Lipinski definition) is 6. The molecule has 6 heteroatoms. The average Bonchev–Trinajstić information content (AvgIpc) is 3.07. The van der Waals surface area contributed by atoms with Gasteiger partial charge in [0.1, 0.15) is 5.75 Å². The molecule has 154 valence electrons. The summed E-state index contributed by atoms with van der Waals surface area (Å²) in [6, 6.07) is 11.9. The Morgan fingerprint density at radius 2 is 1.79 bits per heavy atom. The topological polar surface area (TPSA) is 57.2 Å². The van der Waals surface area contributed by atoms with E-state index in [0.717, 1.165) is 31.9 Å². The summed E-state index contributed by atoms with van der Waals surface area (Å²) in [6.45, 7) is 5.57. The van der Waals surface area contributed by atoms with Crippen molar-refractivity contribution in [1.29, 1.82) is 0 Å². The van der Waals surface area contributed by atoms with Crippen LogP contribution in [0, 0.1) is 0 Å². The van der Waals surface area contributed by atoms with Gasteiger partial charge in [-0.3, -0.25) is 9.69 Å². The third kappa shape index (κ3) is 3.95. The Balaban J connectivity index is 1.50. The van der Waals surface area contributed by atoms with Gasteiger partial charge < -0.3 is 18.9 Å². The summed E-state index contributed by atoms with van der Waals surface area (Å²) in [5.41, 5.74) is 2.75. The summed E-state index contributed by atoms with van der Waals surface area (Å²) in [4.78, 5) is 15.3. The SMILES string of the molecule is COc1cc2c(cc1OC)C(=O)C(Oc1cccc(C(C)N3CCOCC3)c1)C2. The molecule has 2 atom stereocenters. The molecule has 0 N–H and O–H groups in total. The maximum atomic E-state index is 12.9. The Kier molecular flexibility index (Phi) is 5.74. The van der Waals surface area contributed by atoms with Crippen LogP contribution in [0.3, 0.4) is 0 Å². The lowest BCUT2D eigenvalue weighted by Crippen LogP contribution is -2.38. The number of ketones is 1. The lowest BCUT2D eigenvalue weighted by molar-refractivity contribution is 0.0198. The number of Topliss-reactive ketones (excluding diaryl/α,β-unsaturated/α-hetero) is 1. The van der Waals surface area contributed by atoms with Crippen LogP contribution in [0.1, 0.15) is 34.5 Å². The highest BCUT2D eigenvalue weighted by Crippen LogP contribution is 2.36. The van der Waals surface area contributed by atoms with Crippen molar-refractivity contribution >= 4 is 5.78 Å². The number of carbonyl (C=O) groups is 1. The first-order valence-corrected chi connectivity index (χ1v) is 9.98. The van der Waals surface area contributed by atoms with Crippen molar-refractivity contribution in [2.24, 2.45) is 0 Å². The molecular formula is C23H27NO5. The van der Waals surface area contributed by atoms with Crippen molar-refractivity contribution < 1.29 is 23.7 Å². The first-order chi connectivity index (χ1) is 14.1. The first-order valence-electron chi connectivity index (χ1n) is 9.98. The van der Waals surface area contributed by atoms with E-state index < -0.39 is 6.10 Å². The zero-order valence-corrected chi connectivity index (χ0v) is 17.1. The van der Waals surface area contributed by atoms with E-state index in [1.165, 1.54) is 5.56 Å². The average molecular weight is 397 g/mol. The Morgan fingerprint density at radius 3 is 2.52 bits per heavy atom. The number of methoxy groups -OCH3 is 2. The van der Waals surface area contributed by atoms with Crippen molar-refractivity contribution in [2.75, 3.05) is 40.5 Å². The normalized spacial score (nSPS) is 20.2. The van der Waals surface area contributed by atoms with Crippen LogP contribution in [0.4, 0.5) is 0 Å². The third-order valence-corrected chi connectivity index (χ3v) is 5.78. The van der Waals surface area contributed by atoms with Gasteiger partial charge in [0.2, 0.25) is 5.78 Å². The van der Waals surface area contributed by atoms with E-state index in [0.29, 0.717) is 29.2 Å². The smallest absolute Gasteiger partial charge is 0.204 e. The standard InChI is InChI=1S/C23H27NO5/c1-15(24-7-9-28-10-8-24)16-5-4-6-18(11-16)29-22-13-17-12-20(26-2)21(27-3)14-19(17)23(22)25/h4-6,11-12,14-15,22H,7-10,13H2,1-3H3. The van der Waals surface area contributed by atoms with Gasteiger partial charge in [-0.15, -0.1) is 0 Å². The molecule has 2 unspecified atom stereocenters. The molecule has 0 radical (unpaired) electrons. The molecule has 4 rings (SSSR count). The predicted octanol–water partition coefficient (Wildman–Crippen LogP) is 3.28. The molecule has 0 bridgehead atoms. The molecule has 1 aliphatic carbocycles. The molecule has 1 heterocycles. The van der Waals surface area contributed by atoms with Crippen molar-refractivity contribution in [3.8, 4) is 17.2 Å². The van der Waals surface area contributed by atoms with Crippen LogP contribution in [0.2, 0.25) is 0 Å². The van der Waals surface area contributed by atoms with Crippen molar-refractivity contribution in [3.05, 3.63) is 53.1 Å². The lowest BCUT2D eigenvalue weighted by atomic mass is 10.1. The molecule has 0 saturated carbocycles. The van der Waals surface area contributed by atoms with E-state index in [1.54, 1.807) is 20.3 Å².